The smallest absolute Gasteiger partial charge is 0.240 e. The second kappa shape index (κ2) is 3.14. The lowest BCUT2D eigenvalue weighted by atomic mass is 9.73. The van der Waals surface area contributed by atoms with Crippen LogP contribution in [-0.2, 0) is 0 Å². The van der Waals surface area contributed by atoms with E-state index in [1.54, 1.807) is 6.07 Å². The number of anilines is 1. The molecule has 3 N–H and O–H groups in total. The van der Waals surface area contributed by atoms with Gasteiger partial charge in [0.1, 0.15) is 16.8 Å². The highest BCUT2D eigenvalue weighted by atomic mass is 16.3. The first-order valence-corrected chi connectivity index (χ1v) is 4.32. The molecule has 0 atom stereocenters. The molecule has 1 aromatic carbocycles. The van der Waals surface area contributed by atoms with Crippen LogP contribution in [0.25, 0.3) is 11.0 Å². The molecule has 0 amide bonds. The molecule has 0 fully saturated rings. The number of benzene rings is 1. The van der Waals surface area contributed by atoms with E-state index in [0.29, 0.717) is 11.0 Å². The van der Waals surface area contributed by atoms with Crippen molar-refractivity contribution in [1.82, 2.24) is 15.2 Å². The largest absolute Gasteiger partial charge is 0.506 e. The molecule has 0 saturated carbocycles. The Morgan fingerprint density at radius 2 is 2.14 bits per heavy atom. The molecular formula is C8H9BN4O. The summed E-state index contributed by atoms with van der Waals surface area (Å²) < 4.78 is 0. The quantitative estimate of drug-likeness (QED) is 0.585. The van der Waals surface area contributed by atoms with E-state index in [2.05, 4.69) is 15.2 Å². The van der Waals surface area contributed by atoms with E-state index < -0.39 is 0 Å². The van der Waals surface area contributed by atoms with Gasteiger partial charge in [-0.25, -0.2) is 4.98 Å². The van der Waals surface area contributed by atoms with Crippen molar-refractivity contribution in [2.24, 2.45) is 0 Å². The van der Waals surface area contributed by atoms with E-state index in [0.717, 1.165) is 12.7 Å². The summed E-state index contributed by atoms with van der Waals surface area (Å²) >= 11 is 0. The third-order valence-corrected chi connectivity index (χ3v) is 2.02. The number of hydrogen-bond acceptors (Lipinski definition) is 5. The summed E-state index contributed by atoms with van der Waals surface area (Å²) in [4.78, 5) is 3.90. The van der Waals surface area contributed by atoms with Gasteiger partial charge in [0.2, 0.25) is 5.95 Å². The second-order valence-corrected chi connectivity index (χ2v) is 3.01. The summed E-state index contributed by atoms with van der Waals surface area (Å²) in [6.07, 6.45) is 0. The van der Waals surface area contributed by atoms with Crippen LogP contribution in [0, 0.1) is 0 Å². The summed E-state index contributed by atoms with van der Waals surface area (Å²) in [5, 5.41) is 17.1. The number of phenolic OH excluding ortho intramolecular Hbond substituents is 1. The average molecular weight is 188 g/mol. The van der Waals surface area contributed by atoms with Crippen LogP contribution in [-0.4, -0.2) is 27.6 Å². The molecule has 2 rings (SSSR count). The minimum atomic E-state index is 0.0667. The molecule has 0 aliphatic carbocycles. The lowest BCUT2D eigenvalue weighted by Gasteiger charge is -2.02. The second-order valence-electron chi connectivity index (χ2n) is 3.01. The Hall–Kier alpha value is -1.85. The van der Waals surface area contributed by atoms with Crippen molar-refractivity contribution in [2.45, 2.75) is 6.82 Å². The van der Waals surface area contributed by atoms with Crippen LogP contribution in [0.5, 0.6) is 5.75 Å². The molecule has 0 aliphatic rings. The Morgan fingerprint density at radius 3 is 2.86 bits per heavy atom. The molecular weight excluding hydrogens is 179 g/mol. The highest BCUT2D eigenvalue weighted by molar-refractivity contribution is 6.52. The lowest BCUT2D eigenvalue weighted by molar-refractivity contribution is 0.480. The zero-order valence-electron chi connectivity index (χ0n) is 7.73. The van der Waals surface area contributed by atoms with E-state index in [1.807, 2.05) is 12.9 Å². The highest BCUT2D eigenvalue weighted by Crippen LogP contribution is 2.18. The molecule has 0 spiro atoms. The third-order valence-electron chi connectivity index (χ3n) is 2.02. The number of fused-ring (bicyclic) bond motifs is 1. The molecule has 1 heterocycles. The Balaban J connectivity index is 2.76. The van der Waals surface area contributed by atoms with E-state index in [4.69, 9.17) is 5.73 Å². The molecule has 0 saturated heterocycles. The number of nitrogens with two attached hydrogens (primary N) is 1. The van der Waals surface area contributed by atoms with Gasteiger partial charge in [0.15, 0.2) is 7.28 Å². The maximum atomic E-state index is 9.62. The average Bonchev–Trinajstić information content (AvgIpc) is 2.19. The molecule has 70 valence electrons. The zero-order chi connectivity index (χ0) is 10.1. The fourth-order valence-electron chi connectivity index (χ4n) is 1.30. The number of rotatable bonds is 1. The van der Waals surface area contributed by atoms with Crippen LogP contribution in [0.3, 0.4) is 0 Å². The monoisotopic (exact) mass is 188 g/mol. The third kappa shape index (κ3) is 1.35. The minimum Gasteiger partial charge on any atom is -0.506 e. The van der Waals surface area contributed by atoms with Gasteiger partial charge >= 0.3 is 0 Å². The Bertz CT molecular complexity index is 488. The van der Waals surface area contributed by atoms with Gasteiger partial charge in [0.05, 0.1) is 0 Å². The predicted molar refractivity (Wildman–Crippen MR) is 56.1 cm³/mol. The van der Waals surface area contributed by atoms with Crippen molar-refractivity contribution in [3.05, 3.63) is 12.1 Å². The van der Waals surface area contributed by atoms with Crippen molar-refractivity contribution >= 4 is 29.7 Å². The van der Waals surface area contributed by atoms with Gasteiger partial charge in [-0.2, -0.15) is 0 Å². The lowest BCUT2D eigenvalue weighted by Crippen LogP contribution is -2.11. The van der Waals surface area contributed by atoms with Crippen LogP contribution in [0.1, 0.15) is 0 Å². The van der Waals surface area contributed by atoms with Gasteiger partial charge in [-0.15, -0.1) is 10.2 Å². The maximum absolute atomic E-state index is 9.62. The van der Waals surface area contributed by atoms with Crippen LogP contribution in [0.2, 0.25) is 6.82 Å². The Morgan fingerprint density at radius 1 is 1.36 bits per heavy atom. The summed E-state index contributed by atoms with van der Waals surface area (Å²) in [5.41, 5.74) is 7.33. The predicted octanol–water partition coefficient (Wildman–Crippen LogP) is -0.578. The van der Waals surface area contributed by atoms with Crippen LogP contribution in [0.4, 0.5) is 5.95 Å². The van der Waals surface area contributed by atoms with Crippen molar-refractivity contribution < 1.29 is 5.11 Å². The fourth-order valence-corrected chi connectivity index (χ4v) is 1.30. The van der Waals surface area contributed by atoms with Gasteiger partial charge in [-0.05, 0) is 12.1 Å². The normalized spacial score (nSPS) is 10.4. The number of nitrogens with zero attached hydrogens (tertiary/aromatic N) is 3. The minimum absolute atomic E-state index is 0.0667. The van der Waals surface area contributed by atoms with Gasteiger partial charge in [-0.3, -0.25) is 0 Å². The summed E-state index contributed by atoms with van der Waals surface area (Å²) in [7, 11) is 0.829. The summed E-state index contributed by atoms with van der Waals surface area (Å²) in [6.45, 7) is 2.00. The number of hydrogen-bond donors (Lipinski definition) is 2. The first-order chi connectivity index (χ1) is 6.70. The first kappa shape index (κ1) is 8.74. The fraction of sp³-hybridized carbons (Fsp3) is 0.125. The number of phenols is 1. The van der Waals surface area contributed by atoms with Gasteiger partial charge < -0.3 is 10.8 Å². The molecule has 14 heavy (non-hydrogen) atoms. The van der Waals surface area contributed by atoms with Crippen LogP contribution < -0.4 is 11.2 Å². The number of aromatic hydroxyl groups is 1. The maximum Gasteiger partial charge on any atom is 0.240 e. The van der Waals surface area contributed by atoms with E-state index in [9.17, 15) is 5.11 Å². The summed E-state index contributed by atoms with van der Waals surface area (Å²) in [6, 6.07) is 3.50. The molecule has 2 aromatic rings. The van der Waals surface area contributed by atoms with E-state index in [-0.39, 0.29) is 11.7 Å². The first-order valence-electron chi connectivity index (χ1n) is 4.32. The van der Waals surface area contributed by atoms with Crippen molar-refractivity contribution in [3.63, 3.8) is 0 Å². The summed E-state index contributed by atoms with van der Waals surface area (Å²) in [5.74, 6) is 0.165. The Kier molecular flexibility index (Phi) is 1.96. The molecule has 0 aliphatic heterocycles. The number of aromatic nitrogens is 3. The molecule has 0 unspecified atom stereocenters. The van der Waals surface area contributed by atoms with Crippen molar-refractivity contribution in [1.29, 1.82) is 0 Å². The van der Waals surface area contributed by atoms with Crippen molar-refractivity contribution in [3.8, 4) is 5.75 Å². The van der Waals surface area contributed by atoms with Crippen LogP contribution in [0.15, 0.2) is 12.1 Å². The topological polar surface area (TPSA) is 84.9 Å². The molecule has 0 radical (unpaired) electrons. The standard InChI is InChI=1S/C8H9BN4O/c1-9-4-2-5-7(6(14)3-4)11-8(10)13-12-5/h2-3,9,14H,1H3,(H2,10,11,13). The van der Waals surface area contributed by atoms with Crippen molar-refractivity contribution in [2.75, 3.05) is 5.73 Å². The number of nitrogen functional groups attached to an aromatic ring is 1. The van der Waals surface area contributed by atoms with Gasteiger partial charge in [-0.1, -0.05) is 12.3 Å². The van der Waals surface area contributed by atoms with Crippen LogP contribution >= 0.6 is 0 Å². The highest BCUT2D eigenvalue weighted by Gasteiger charge is 2.06. The molecule has 5 nitrogen and oxygen atoms in total. The SMILES string of the molecule is CBc1cc(O)c2nc(N)nnc2c1. The molecule has 1 aromatic heterocycles. The van der Waals surface area contributed by atoms with Gasteiger partial charge in [0.25, 0.3) is 0 Å². The zero-order valence-corrected chi connectivity index (χ0v) is 7.73. The van der Waals surface area contributed by atoms with Gasteiger partial charge in [0, 0.05) is 0 Å². The van der Waals surface area contributed by atoms with E-state index >= 15 is 0 Å². The molecule has 6 heteroatoms. The molecule has 0 bridgehead atoms. The Labute approximate surface area is 81.2 Å². The van der Waals surface area contributed by atoms with E-state index in [1.165, 1.54) is 0 Å².